The molecule has 1 N–H and O–H groups in total. The maximum atomic E-state index is 13.9. The van der Waals surface area contributed by atoms with Crippen LogP contribution in [0.4, 0.5) is 14.5 Å². The number of nitrogens with one attached hydrogen (secondary N) is 1. The highest BCUT2D eigenvalue weighted by molar-refractivity contribution is 6.33. The van der Waals surface area contributed by atoms with Crippen LogP contribution in [0, 0.1) is 18.6 Å². The van der Waals surface area contributed by atoms with Crippen LogP contribution in [0.2, 0.25) is 0 Å². The van der Waals surface area contributed by atoms with E-state index < -0.39 is 17.5 Å². The fourth-order valence-electron chi connectivity index (χ4n) is 1.61. The van der Waals surface area contributed by atoms with Crippen molar-refractivity contribution in [3.05, 3.63) is 23.3 Å². The first-order valence-electron chi connectivity index (χ1n) is 6.56. The van der Waals surface area contributed by atoms with Crippen molar-refractivity contribution in [1.29, 1.82) is 0 Å². The molecule has 1 rings (SSSR count). The van der Waals surface area contributed by atoms with Crippen molar-refractivity contribution in [3.63, 3.8) is 0 Å². The van der Waals surface area contributed by atoms with Crippen molar-refractivity contribution in [3.8, 4) is 0 Å². The third-order valence-corrected chi connectivity index (χ3v) is 2.71. The highest BCUT2D eigenvalue weighted by Gasteiger charge is 2.17. The predicted octanol–water partition coefficient (Wildman–Crippen LogP) is 1.19. The first kappa shape index (κ1) is 19.1. The van der Waals surface area contributed by atoms with E-state index in [9.17, 15) is 18.4 Å². The lowest BCUT2D eigenvalue weighted by Gasteiger charge is -2.21. The second-order valence-electron chi connectivity index (χ2n) is 4.11. The average Bonchev–Trinajstić information content (AvgIpc) is 2.45. The molecule has 1 aromatic rings. The molecule has 2 radical (unpaired) electrons. The summed E-state index contributed by atoms with van der Waals surface area (Å²) in [6, 6.07) is 1.13. The van der Waals surface area contributed by atoms with Crippen LogP contribution in [-0.2, 0) is 9.59 Å². The van der Waals surface area contributed by atoms with Gasteiger partial charge in [-0.1, -0.05) is 24.9 Å². The lowest BCUT2D eigenvalue weighted by molar-refractivity contribution is -0.125. The summed E-state index contributed by atoms with van der Waals surface area (Å²) in [5.74, 6) is -2.12. The van der Waals surface area contributed by atoms with Gasteiger partial charge in [0.15, 0.2) is 0 Å². The maximum absolute atomic E-state index is 13.9. The van der Waals surface area contributed by atoms with Crippen molar-refractivity contribution >= 4 is 31.3 Å². The molecule has 0 unspecified atom stereocenters. The molecule has 21 heavy (non-hydrogen) atoms. The van der Waals surface area contributed by atoms with Crippen LogP contribution < -0.4 is 15.7 Å². The number of anilines is 1. The molecule has 0 bridgehead atoms. The number of hydrogen-bond acceptors (Lipinski definition) is 3. The quantitative estimate of drug-likeness (QED) is 0.656. The minimum absolute atomic E-state index is 0.0516. The highest BCUT2D eigenvalue weighted by Crippen LogP contribution is 2.22. The molecular formula is C14H19BF2N2O2. The summed E-state index contributed by atoms with van der Waals surface area (Å²) < 4.78 is 27.6. The number of carbonyl (C=O) groups is 2. The third kappa shape index (κ3) is 5.17. The molecule has 0 saturated carbocycles. The van der Waals surface area contributed by atoms with E-state index in [4.69, 9.17) is 7.85 Å². The van der Waals surface area contributed by atoms with Crippen molar-refractivity contribution in [2.45, 2.75) is 27.2 Å². The number of halogens is 2. The van der Waals surface area contributed by atoms with E-state index in [1.54, 1.807) is 0 Å². The van der Waals surface area contributed by atoms with Crippen LogP contribution in [0.5, 0.6) is 0 Å². The summed E-state index contributed by atoms with van der Waals surface area (Å²) >= 11 is 0. The Kier molecular flexibility index (Phi) is 8.27. The predicted molar refractivity (Wildman–Crippen MR) is 79.9 cm³/mol. The van der Waals surface area contributed by atoms with Crippen molar-refractivity contribution in [2.75, 3.05) is 18.5 Å². The molecule has 0 heterocycles. The minimum atomic E-state index is -0.851. The maximum Gasteiger partial charge on any atom is 0.228 e. The molecule has 0 aliphatic rings. The molecule has 7 heteroatoms. The van der Waals surface area contributed by atoms with Gasteiger partial charge in [0.2, 0.25) is 12.3 Å². The third-order valence-electron chi connectivity index (χ3n) is 2.71. The number of amides is 2. The monoisotopic (exact) mass is 296 g/mol. The number of imide groups is 1. The van der Waals surface area contributed by atoms with Crippen molar-refractivity contribution in [2.24, 2.45) is 0 Å². The first-order valence-corrected chi connectivity index (χ1v) is 6.56. The number of carbonyl (C=O) groups excluding carboxylic acids is 2. The topological polar surface area (TPSA) is 49.4 Å². The number of aryl methyl sites for hydroxylation is 1. The molecule has 0 spiro atoms. The summed E-state index contributed by atoms with van der Waals surface area (Å²) in [6.07, 6.45) is 0.190. The molecular weight excluding hydrogens is 277 g/mol. The number of benzene rings is 1. The van der Waals surface area contributed by atoms with Gasteiger partial charge in [0.1, 0.15) is 25.2 Å². The van der Waals surface area contributed by atoms with Gasteiger partial charge in [-0.2, -0.15) is 0 Å². The molecule has 0 fully saturated rings. The van der Waals surface area contributed by atoms with Gasteiger partial charge in [-0.3, -0.25) is 14.9 Å². The van der Waals surface area contributed by atoms with E-state index in [2.05, 4.69) is 0 Å². The van der Waals surface area contributed by atoms with Gasteiger partial charge < -0.3 is 4.90 Å². The molecule has 0 aliphatic heterocycles. The molecule has 114 valence electrons. The summed E-state index contributed by atoms with van der Waals surface area (Å²) in [5, 5.41) is 1.94. The van der Waals surface area contributed by atoms with Gasteiger partial charge in [0, 0.05) is 20.0 Å². The van der Waals surface area contributed by atoms with Gasteiger partial charge in [0.05, 0.1) is 0 Å². The zero-order chi connectivity index (χ0) is 16.6. The molecule has 1 aromatic carbocycles. The zero-order valence-corrected chi connectivity index (χ0v) is 12.7. The standard InChI is InChI=1S/C12H13BF2N2O2.C2H6/c1-7-5-8(14)12(11(15)10(7)13)17(2)4-3-9(19)16-6-18;1-2/h5-6H,3-4H2,1-2H3,(H,16,18,19);1-2H3. The van der Waals surface area contributed by atoms with E-state index in [0.717, 1.165) is 6.07 Å². The summed E-state index contributed by atoms with van der Waals surface area (Å²) in [6.45, 7) is 5.55. The Balaban J connectivity index is 0.00000191. The Hall–Kier alpha value is -1.92. The van der Waals surface area contributed by atoms with Crippen LogP contribution in [-0.4, -0.2) is 33.8 Å². The van der Waals surface area contributed by atoms with Crippen LogP contribution in [0.15, 0.2) is 6.07 Å². The molecule has 2 amide bonds. The second-order valence-corrected chi connectivity index (χ2v) is 4.11. The number of hydrogen-bond donors (Lipinski definition) is 1. The van der Waals surface area contributed by atoms with E-state index in [-0.39, 0.29) is 30.5 Å². The van der Waals surface area contributed by atoms with Gasteiger partial charge in [-0.25, -0.2) is 8.78 Å². The van der Waals surface area contributed by atoms with Crippen LogP contribution in [0.1, 0.15) is 25.8 Å². The zero-order valence-electron chi connectivity index (χ0n) is 12.7. The van der Waals surface area contributed by atoms with Gasteiger partial charge >= 0.3 is 0 Å². The average molecular weight is 296 g/mol. The lowest BCUT2D eigenvalue weighted by Crippen LogP contribution is -2.30. The SMILES string of the molecule is CC.[B]c1c(C)cc(F)c(N(C)CCC(=O)NC=O)c1F. The Bertz CT molecular complexity index is 510. The fourth-order valence-corrected chi connectivity index (χ4v) is 1.61. The molecule has 0 atom stereocenters. The van der Waals surface area contributed by atoms with Crippen LogP contribution in [0.25, 0.3) is 0 Å². The smallest absolute Gasteiger partial charge is 0.228 e. The van der Waals surface area contributed by atoms with E-state index in [1.807, 2.05) is 19.2 Å². The molecule has 4 nitrogen and oxygen atoms in total. The Labute approximate surface area is 124 Å². The second kappa shape index (κ2) is 9.10. The summed E-state index contributed by atoms with van der Waals surface area (Å²) in [5.41, 5.74) is -0.103. The Morgan fingerprint density at radius 3 is 2.52 bits per heavy atom. The lowest BCUT2D eigenvalue weighted by atomic mass is 9.89. The van der Waals surface area contributed by atoms with Crippen LogP contribution in [0.3, 0.4) is 0 Å². The Morgan fingerprint density at radius 1 is 1.43 bits per heavy atom. The van der Waals surface area contributed by atoms with Crippen molar-refractivity contribution in [1.82, 2.24) is 5.32 Å². The molecule has 0 saturated heterocycles. The molecule has 0 aromatic heterocycles. The minimum Gasteiger partial charge on any atom is -0.369 e. The van der Waals surface area contributed by atoms with E-state index >= 15 is 0 Å². The van der Waals surface area contributed by atoms with Gasteiger partial charge in [-0.05, 0) is 13.0 Å². The largest absolute Gasteiger partial charge is 0.369 e. The summed E-state index contributed by atoms with van der Waals surface area (Å²) in [4.78, 5) is 22.4. The van der Waals surface area contributed by atoms with E-state index in [1.165, 1.54) is 18.9 Å². The normalized spacial score (nSPS) is 9.43. The van der Waals surface area contributed by atoms with Crippen molar-refractivity contribution < 1.29 is 18.4 Å². The number of rotatable bonds is 5. The fraction of sp³-hybridized carbons (Fsp3) is 0.429. The first-order chi connectivity index (χ1) is 9.88. The highest BCUT2D eigenvalue weighted by atomic mass is 19.1. The summed E-state index contributed by atoms with van der Waals surface area (Å²) in [7, 11) is 6.93. The van der Waals surface area contributed by atoms with Gasteiger partial charge in [-0.15, -0.1) is 0 Å². The van der Waals surface area contributed by atoms with Crippen LogP contribution >= 0.6 is 0 Å². The Morgan fingerprint density at radius 2 is 2.00 bits per heavy atom. The molecule has 0 aliphatic carbocycles. The van der Waals surface area contributed by atoms with Gasteiger partial charge in [0.25, 0.3) is 0 Å². The number of nitrogens with zero attached hydrogens (tertiary/aromatic N) is 1. The van der Waals surface area contributed by atoms with E-state index in [0.29, 0.717) is 5.56 Å².